The summed E-state index contributed by atoms with van der Waals surface area (Å²) in [5.74, 6) is -1.54. The molecule has 0 saturated carbocycles. The standard InChI is InChI=1S/C9HBr3F2N4O7S/c10-8(11,12)9(13,14)25-7-5(15-2-26)3(16(19)20)1-4(17(21)22)6(7)18(23)24/h1H. The molecule has 0 aliphatic heterocycles. The van der Waals surface area contributed by atoms with E-state index in [9.17, 15) is 39.1 Å². The number of hydrogen-bond donors (Lipinski definition) is 0. The van der Waals surface area contributed by atoms with Crippen LogP contribution in [0, 0.1) is 30.3 Å². The Morgan fingerprint density at radius 1 is 1.08 bits per heavy atom. The largest absolute Gasteiger partial charge is 0.434 e. The van der Waals surface area contributed by atoms with Gasteiger partial charge in [0.25, 0.3) is 0 Å². The molecule has 0 unspecified atom stereocenters. The van der Waals surface area contributed by atoms with Gasteiger partial charge in [-0.1, -0.05) is 0 Å². The third-order valence-electron chi connectivity index (χ3n) is 2.48. The van der Waals surface area contributed by atoms with Crippen molar-refractivity contribution in [3.05, 3.63) is 36.4 Å². The number of aliphatic imine (C=N–C) groups is 1. The molecule has 1 aromatic carbocycles. The minimum absolute atomic E-state index is 0.179. The lowest BCUT2D eigenvalue weighted by Crippen LogP contribution is -2.38. The van der Waals surface area contributed by atoms with Crippen LogP contribution in [-0.2, 0) is 0 Å². The zero-order valence-electron chi connectivity index (χ0n) is 11.5. The number of halogens is 5. The van der Waals surface area contributed by atoms with Crippen LogP contribution in [0.4, 0.5) is 31.5 Å². The molecule has 1 aromatic rings. The molecule has 0 bridgehead atoms. The zero-order valence-corrected chi connectivity index (χ0v) is 17.1. The highest BCUT2D eigenvalue weighted by atomic mass is 80.0. The van der Waals surface area contributed by atoms with Gasteiger partial charge < -0.3 is 4.74 Å². The van der Waals surface area contributed by atoms with Gasteiger partial charge in [0.05, 0.1) is 19.9 Å². The fourth-order valence-corrected chi connectivity index (χ4v) is 1.84. The summed E-state index contributed by atoms with van der Waals surface area (Å²) >= 11 is 11.5. The summed E-state index contributed by atoms with van der Waals surface area (Å²) in [6.07, 6.45) is -4.35. The molecule has 0 aromatic heterocycles. The third-order valence-corrected chi connectivity index (χ3v) is 3.96. The molecular formula is C9HBr3F2N4O7S. The first-order valence-corrected chi connectivity index (χ1v) is 8.39. The van der Waals surface area contributed by atoms with Gasteiger partial charge in [0.2, 0.25) is 13.6 Å². The van der Waals surface area contributed by atoms with Gasteiger partial charge in [-0.25, -0.2) is 0 Å². The first kappa shape index (κ1) is 22.4. The molecule has 0 radical (unpaired) electrons. The molecule has 0 aliphatic carbocycles. The van der Waals surface area contributed by atoms with Crippen LogP contribution in [0.3, 0.4) is 0 Å². The van der Waals surface area contributed by atoms with Crippen LogP contribution >= 0.6 is 60.0 Å². The van der Waals surface area contributed by atoms with E-state index in [1.165, 1.54) is 0 Å². The highest BCUT2D eigenvalue weighted by Crippen LogP contribution is 2.54. The summed E-state index contributed by atoms with van der Waals surface area (Å²) in [7, 11) is 0. The number of nitro benzene ring substituents is 3. The average molecular weight is 587 g/mol. The number of benzene rings is 1. The topological polar surface area (TPSA) is 151 Å². The van der Waals surface area contributed by atoms with Crippen molar-refractivity contribution in [2.24, 2.45) is 4.99 Å². The second-order valence-corrected chi connectivity index (χ2v) is 11.0. The molecule has 26 heavy (non-hydrogen) atoms. The number of isothiocyanates is 1. The van der Waals surface area contributed by atoms with Gasteiger partial charge in [0.15, 0.2) is 0 Å². The molecule has 0 fully saturated rings. The summed E-state index contributed by atoms with van der Waals surface area (Å²) in [4.78, 5) is 32.4. The third kappa shape index (κ3) is 4.53. The zero-order chi connectivity index (χ0) is 20.4. The van der Waals surface area contributed by atoms with E-state index in [1.54, 1.807) is 5.16 Å². The Morgan fingerprint density at radius 3 is 1.92 bits per heavy atom. The summed E-state index contributed by atoms with van der Waals surface area (Å²) in [5, 5.41) is 34.9. The Labute approximate surface area is 171 Å². The molecule has 0 heterocycles. The van der Waals surface area contributed by atoms with Crippen LogP contribution in [0.5, 0.6) is 5.75 Å². The fraction of sp³-hybridized carbons (Fsp3) is 0.222. The molecular weight excluding hydrogens is 586 g/mol. The molecule has 0 saturated heterocycles. The maximum atomic E-state index is 14.1. The second-order valence-electron chi connectivity index (χ2n) is 4.03. The number of nitrogens with zero attached hydrogens (tertiary/aromatic N) is 4. The molecule has 0 aliphatic rings. The molecule has 0 amide bonds. The predicted octanol–water partition coefficient (Wildman–Crippen LogP) is 4.96. The predicted molar refractivity (Wildman–Crippen MR) is 96.2 cm³/mol. The minimum Gasteiger partial charge on any atom is -0.420 e. The SMILES string of the molecule is O=[N+]([O-])c1cc([N+](=O)[O-])c([N+](=O)[O-])c(OC(F)(F)C(Br)(Br)Br)c1N=C=S. The number of hydrogen-bond acceptors (Lipinski definition) is 9. The molecule has 0 atom stereocenters. The summed E-state index contributed by atoms with van der Waals surface area (Å²) in [5.41, 5.74) is -5.41. The van der Waals surface area contributed by atoms with Crippen molar-refractivity contribution in [2.45, 2.75) is 8.25 Å². The van der Waals surface area contributed by atoms with E-state index in [-0.39, 0.29) is 6.07 Å². The van der Waals surface area contributed by atoms with Crippen molar-refractivity contribution in [1.82, 2.24) is 0 Å². The van der Waals surface area contributed by atoms with Gasteiger partial charge in [0.1, 0.15) is 6.07 Å². The molecule has 17 heteroatoms. The van der Waals surface area contributed by atoms with Crippen molar-refractivity contribution < 1.29 is 28.3 Å². The van der Waals surface area contributed by atoms with Gasteiger partial charge in [-0.05, 0) is 60.0 Å². The number of thiocarbonyl (C=S) groups is 1. The maximum Gasteiger partial charge on any atom is 0.434 e. The van der Waals surface area contributed by atoms with E-state index in [1.807, 2.05) is 0 Å². The van der Waals surface area contributed by atoms with Gasteiger partial charge in [-0.2, -0.15) is 13.8 Å². The van der Waals surface area contributed by atoms with Crippen molar-refractivity contribution in [3.63, 3.8) is 0 Å². The van der Waals surface area contributed by atoms with Crippen molar-refractivity contribution in [2.75, 3.05) is 0 Å². The van der Waals surface area contributed by atoms with Crippen molar-refractivity contribution in [3.8, 4) is 5.75 Å². The van der Waals surface area contributed by atoms with Gasteiger partial charge >= 0.3 is 23.2 Å². The van der Waals surface area contributed by atoms with Gasteiger partial charge in [0, 0.05) is 0 Å². The smallest absolute Gasteiger partial charge is 0.420 e. The molecule has 11 nitrogen and oxygen atoms in total. The number of nitro groups is 3. The van der Waals surface area contributed by atoms with Crippen LogP contribution in [0.15, 0.2) is 11.1 Å². The lowest BCUT2D eigenvalue weighted by atomic mass is 10.2. The van der Waals surface area contributed by atoms with Crippen molar-refractivity contribution >= 4 is 87.9 Å². The first-order valence-electron chi connectivity index (χ1n) is 5.60. The van der Waals surface area contributed by atoms with E-state index in [0.717, 1.165) is 0 Å². The number of ether oxygens (including phenoxy) is 1. The van der Waals surface area contributed by atoms with E-state index >= 15 is 0 Å². The Bertz CT molecular complexity index is 818. The maximum absolute atomic E-state index is 14.1. The van der Waals surface area contributed by atoms with Gasteiger partial charge in [-0.15, -0.1) is 0 Å². The normalized spacial score (nSPS) is 11.4. The van der Waals surface area contributed by atoms with Gasteiger partial charge in [-0.3, -0.25) is 30.3 Å². The molecule has 140 valence electrons. The highest BCUT2D eigenvalue weighted by Gasteiger charge is 2.54. The second kappa shape index (κ2) is 7.91. The van der Waals surface area contributed by atoms with E-state index in [2.05, 4.69) is 69.7 Å². The van der Waals surface area contributed by atoms with Crippen LogP contribution in [0.2, 0.25) is 0 Å². The van der Waals surface area contributed by atoms with Crippen LogP contribution in [0.1, 0.15) is 0 Å². The minimum atomic E-state index is -4.35. The number of rotatable bonds is 6. The Kier molecular flexibility index (Phi) is 6.80. The fourth-order valence-electron chi connectivity index (χ4n) is 1.50. The quantitative estimate of drug-likeness (QED) is 0.149. The van der Waals surface area contributed by atoms with Crippen LogP contribution in [-0.4, -0.2) is 28.2 Å². The lowest BCUT2D eigenvalue weighted by molar-refractivity contribution is -0.425. The van der Waals surface area contributed by atoms with Crippen LogP contribution < -0.4 is 4.74 Å². The van der Waals surface area contributed by atoms with E-state index < -0.39 is 51.5 Å². The first-order chi connectivity index (χ1) is 11.7. The molecule has 0 N–H and O–H groups in total. The van der Waals surface area contributed by atoms with Crippen LogP contribution in [0.25, 0.3) is 0 Å². The molecule has 1 rings (SSSR count). The van der Waals surface area contributed by atoms with E-state index in [0.29, 0.717) is 0 Å². The van der Waals surface area contributed by atoms with Crippen molar-refractivity contribution in [1.29, 1.82) is 0 Å². The Hall–Kier alpha value is -1.68. The highest BCUT2D eigenvalue weighted by molar-refractivity contribution is 9.39. The average Bonchev–Trinajstić information content (AvgIpc) is 2.46. The van der Waals surface area contributed by atoms with E-state index in [4.69, 9.17) is 0 Å². The monoisotopic (exact) mass is 584 g/mol. The summed E-state index contributed by atoms with van der Waals surface area (Å²) < 4.78 is 30.0. The lowest BCUT2D eigenvalue weighted by Gasteiger charge is -2.25. The summed E-state index contributed by atoms with van der Waals surface area (Å²) in [6, 6.07) is 0.179. The Morgan fingerprint density at radius 2 is 1.58 bits per heavy atom. The number of alkyl halides is 5. The summed E-state index contributed by atoms with van der Waals surface area (Å²) in [6.45, 7) is 0. The molecule has 0 spiro atoms. The Balaban J connectivity index is 4.04.